The standard InChI is InChI=1S/C18H20N2/c1-14-5-3-6-16(11-14)10-9-15(2)20-18-8-4-7-17(12-18)13-19/h3-8,11-12,15,20H,9-10H2,1-2H3. The van der Waals surface area contributed by atoms with E-state index >= 15 is 0 Å². The molecular weight excluding hydrogens is 244 g/mol. The Bertz CT molecular complexity index is 611. The van der Waals surface area contributed by atoms with E-state index in [1.165, 1.54) is 11.1 Å². The molecule has 2 heteroatoms. The quantitative estimate of drug-likeness (QED) is 0.874. The Kier molecular flexibility index (Phi) is 4.79. The van der Waals surface area contributed by atoms with Crippen LogP contribution in [0.15, 0.2) is 48.5 Å². The lowest BCUT2D eigenvalue weighted by molar-refractivity contribution is 0.706. The number of aryl methyl sites for hydroxylation is 2. The van der Waals surface area contributed by atoms with E-state index in [1.54, 1.807) is 0 Å². The lowest BCUT2D eigenvalue weighted by Crippen LogP contribution is -2.16. The van der Waals surface area contributed by atoms with Crippen LogP contribution in [-0.4, -0.2) is 6.04 Å². The molecule has 0 spiro atoms. The minimum Gasteiger partial charge on any atom is -0.383 e. The summed E-state index contributed by atoms with van der Waals surface area (Å²) in [5.74, 6) is 0. The number of benzene rings is 2. The zero-order chi connectivity index (χ0) is 14.4. The van der Waals surface area contributed by atoms with Gasteiger partial charge in [0.15, 0.2) is 0 Å². The van der Waals surface area contributed by atoms with Crippen LogP contribution in [0.2, 0.25) is 0 Å². The van der Waals surface area contributed by atoms with Crippen LogP contribution >= 0.6 is 0 Å². The normalized spacial score (nSPS) is 11.7. The molecule has 0 saturated heterocycles. The summed E-state index contributed by atoms with van der Waals surface area (Å²) in [7, 11) is 0. The summed E-state index contributed by atoms with van der Waals surface area (Å²) in [6, 6.07) is 18.8. The molecule has 0 heterocycles. The van der Waals surface area contributed by atoms with Gasteiger partial charge < -0.3 is 5.32 Å². The summed E-state index contributed by atoms with van der Waals surface area (Å²) in [5.41, 5.74) is 4.40. The number of nitrogens with zero attached hydrogens (tertiary/aromatic N) is 1. The van der Waals surface area contributed by atoms with Crippen molar-refractivity contribution in [3.05, 3.63) is 65.2 Å². The van der Waals surface area contributed by atoms with E-state index in [4.69, 9.17) is 5.26 Å². The van der Waals surface area contributed by atoms with Gasteiger partial charge in [0.05, 0.1) is 11.6 Å². The molecule has 2 aromatic carbocycles. The van der Waals surface area contributed by atoms with Crippen LogP contribution in [0, 0.1) is 18.3 Å². The van der Waals surface area contributed by atoms with E-state index < -0.39 is 0 Å². The van der Waals surface area contributed by atoms with Crippen LogP contribution in [0.1, 0.15) is 30.0 Å². The highest BCUT2D eigenvalue weighted by molar-refractivity contribution is 5.49. The molecule has 0 amide bonds. The van der Waals surface area contributed by atoms with Gasteiger partial charge in [-0.25, -0.2) is 0 Å². The third-order valence-corrected chi connectivity index (χ3v) is 3.35. The molecule has 0 aromatic heterocycles. The minimum atomic E-state index is 0.379. The van der Waals surface area contributed by atoms with Crippen LogP contribution in [0.4, 0.5) is 5.69 Å². The molecule has 2 nitrogen and oxygen atoms in total. The van der Waals surface area contributed by atoms with Gasteiger partial charge in [0, 0.05) is 11.7 Å². The monoisotopic (exact) mass is 264 g/mol. The zero-order valence-electron chi connectivity index (χ0n) is 12.1. The maximum Gasteiger partial charge on any atom is 0.0992 e. The summed E-state index contributed by atoms with van der Waals surface area (Å²) in [4.78, 5) is 0. The molecule has 0 aliphatic carbocycles. The molecular formula is C18H20N2. The van der Waals surface area contributed by atoms with Gasteiger partial charge in [-0.15, -0.1) is 0 Å². The van der Waals surface area contributed by atoms with Crippen molar-refractivity contribution in [1.29, 1.82) is 5.26 Å². The van der Waals surface area contributed by atoms with E-state index in [9.17, 15) is 0 Å². The molecule has 0 aliphatic heterocycles. The topological polar surface area (TPSA) is 35.8 Å². The van der Waals surface area contributed by atoms with Gasteiger partial charge >= 0.3 is 0 Å². The molecule has 0 bridgehead atoms. The molecule has 1 unspecified atom stereocenters. The van der Waals surface area contributed by atoms with E-state index in [0.717, 1.165) is 18.5 Å². The molecule has 2 rings (SSSR count). The predicted molar refractivity (Wildman–Crippen MR) is 83.7 cm³/mol. The average Bonchev–Trinajstić information content (AvgIpc) is 2.45. The number of rotatable bonds is 5. The Balaban J connectivity index is 1.89. The number of nitriles is 1. The molecule has 1 N–H and O–H groups in total. The first-order chi connectivity index (χ1) is 9.67. The van der Waals surface area contributed by atoms with Gasteiger partial charge in [-0.3, -0.25) is 0 Å². The minimum absolute atomic E-state index is 0.379. The van der Waals surface area contributed by atoms with Crippen molar-refractivity contribution in [3.63, 3.8) is 0 Å². The van der Waals surface area contributed by atoms with Gasteiger partial charge in [0.1, 0.15) is 0 Å². The van der Waals surface area contributed by atoms with Gasteiger partial charge in [0.25, 0.3) is 0 Å². The maximum atomic E-state index is 8.90. The van der Waals surface area contributed by atoms with Crippen molar-refractivity contribution >= 4 is 5.69 Å². The summed E-state index contributed by atoms with van der Waals surface area (Å²) in [5, 5.41) is 12.3. The van der Waals surface area contributed by atoms with Gasteiger partial charge in [-0.1, -0.05) is 35.9 Å². The smallest absolute Gasteiger partial charge is 0.0992 e. The second kappa shape index (κ2) is 6.77. The van der Waals surface area contributed by atoms with Crippen molar-refractivity contribution in [2.45, 2.75) is 32.7 Å². The van der Waals surface area contributed by atoms with Crippen molar-refractivity contribution < 1.29 is 0 Å². The fourth-order valence-electron chi connectivity index (χ4n) is 2.29. The summed E-state index contributed by atoms with van der Waals surface area (Å²) in [6.45, 7) is 4.30. The molecule has 0 radical (unpaired) electrons. The lowest BCUT2D eigenvalue weighted by Gasteiger charge is -2.15. The van der Waals surface area contributed by atoms with Gasteiger partial charge in [-0.05, 0) is 50.5 Å². The highest BCUT2D eigenvalue weighted by Gasteiger charge is 2.03. The molecule has 1 atom stereocenters. The van der Waals surface area contributed by atoms with Gasteiger partial charge in [-0.2, -0.15) is 5.26 Å². The molecule has 0 saturated carbocycles. The third kappa shape index (κ3) is 4.13. The number of hydrogen-bond donors (Lipinski definition) is 1. The summed E-state index contributed by atoms with van der Waals surface area (Å²) < 4.78 is 0. The Morgan fingerprint density at radius 3 is 2.70 bits per heavy atom. The van der Waals surface area contributed by atoms with Crippen LogP contribution < -0.4 is 5.32 Å². The predicted octanol–water partition coefficient (Wildman–Crippen LogP) is 4.30. The Hall–Kier alpha value is -2.27. The largest absolute Gasteiger partial charge is 0.383 e. The average molecular weight is 264 g/mol. The van der Waals surface area contributed by atoms with Crippen molar-refractivity contribution in [2.75, 3.05) is 5.32 Å². The van der Waals surface area contributed by atoms with E-state index in [0.29, 0.717) is 11.6 Å². The number of anilines is 1. The second-order valence-electron chi connectivity index (χ2n) is 5.27. The fraction of sp³-hybridized carbons (Fsp3) is 0.278. The van der Waals surface area contributed by atoms with Gasteiger partial charge in [0.2, 0.25) is 0 Å². The van der Waals surface area contributed by atoms with Crippen molar-refractivity contribution in [1.82, 2.24) is 0 Å². The maximum absolute atomic E-state index is 8.90. The third-order valence-electron chi connectivity index (χ3n) is 3.35. The molecule has 102 valence electrons. The van der Waals surface area contributed by atoms with Crippen LogP contribution in [-0.2, 0) is 6.42 Å². The highest BCUT2D eigenvalue weighted by Crippen LogP contribution is 2.14. The SMILES string of the molecule is Cc1cccc(CCC(C)Nc2cccc(C#N)c2)c1. The van der Waals surface area contributed by atoms with Crippen molar-refractivity contribution in [2.24, 2.45) is 0 Å². The lowest BCUT2D eigenvalue weighted by atomic mass is 10.0. The van der Waals surface area contributed by atoms with E-state index in [2.05, 4.69) is 49.5 Å². The molecule has 2 aromatic rings. The number of nitrogens with one attached hydrogen (secondary N) is 1. The first kappa shape index (κ1) is 14.1. The summed E-state index contributed by atoms with van der Waals surface area (Å²) in [6.07, 6.45) is 2.13. The zero-order valence-corrected chi connectivity index (χ0v) is 12.1. The Morgan fingerprint density at radius 1 is 1.15 bits per heavy atom. The second-order valence-corrected chi connectivity index (χ2v) is 5.27. The summed E-state index contributed by atoms with van der Waals surface area (Å²) >= 11 is 0. The molecule has 20 heavy (non-hydrogen) atoms. The van der Waals surface area contributed by atoms with Crippen LogP contribution in [0.5, 0.6) is 0 Å². The van der Waals surface area contributed by atoms with Crippen molar-refractivity contribution in [3.8, 4) is 6.07 Å². The fourth-order valence-corrected chi connectivity index (χ4v) is 2.29. The molecule has 0 fully saturated rings. The first-order valence-electron chi connectivity index (χ1n) is 6.99. The van der Waals surface area contributed by atoms with Crippen LogP contribution in [0.3, 0.4) is 0 Å². The first-order valence-corrected chi connectivity index (χ1v) is 6.99. The molecule has 0 aliphatic rings. The van der Waals surface area contributed by atoms with E-state index in [-0.39, 0.29) is 0 Å². The highest BCUT2D eigenvalue weighted by atomic mass is 14.9. The van der Waals surface area contributed by atoms with E-state index in [1.807, 2.05) is 24.3 Å². The Labute approximate surface area is 121 Å². The Morgan fingerprint density at radius 2 is 1.95 bits per heavy atom. The number of hydrogen-bond acceptors (Lipinski definition) is 2. The van der Waals surface area contributed by atoms with Crippen LogP contribution in [0.25, 0.3) is 0 Å².